The molecule has 1 unspecified atom stereocenters. The van der Waals surface area contributed by atoms with Crippen molar-refractivity contribution in [3.8, 4) is 5.75 Å². The fourth-order valence-corrected chi connectivity index (χ4v) is 4.27. The lowest BCUT2D eigenvalue weighted by atomic mass is 9.87. The summed E-state index contributed by atoms with van der Waals surface area (Å²) in [6, 6.07) is 22.2. The van der Waals surface area contributed by atoms with Gasteiger partial charge in [0, 0.05) is 12.8 Å². The van der Waals surface area contributed by atoms with Crippen molar-refractivity contribution >= 4 is 23.4 Å². The monoisotopic (exact) mass is 475 g/mol. The first-order chi connectivity index (χ1) is 16.9. The van der Waals surface area contributed by atoms with E-state index in [2.05, 4.69) is 0 Å². The first-order valence-corrected chi connectivity index (χ1v) is 11.7. The number of ether oxygens (including phenoxy) is 3. The molecule has 3 aromatic rings. The van der Waals surface area contributed by atoms with Gasteiger partial charge in [0.1, 0.15) is 5.75 Å². The van der Waals surface area contributed by atoms with Gasteiger partial charge < -0.3 is 19.3 Å². The number of hydrogen-bond donors (Lipinski definition) is 1. The lowest BCUT2D eigenvalue weighted by molar-refractivity contribution is -0.166. The summed E-state index contributed by atoms with van der Waals surface area (Å²) in [6.07, 6.45) is 0.0720. The Hall–Kier alpha value is -3.84. The van der Waals surface area contributed by atoms with Gasteiger partial charge in [-0.05, 0) is 61.2 Å². The number of benzene rings is 3. The van der Waals surface area contributed by atoms with Crippen molar-refractivity contribution in [1.29, 1.82) is 0 Å². The number of esters is 1. The molecule has 1 atom stereocenters. The highest BCUT2D eigenvalue weighted by Gasteiger charge is 2.39. The Balaban J connectivity index is 1.54. The number of nitrogens with zero attached hydrogens (tertiary/aromatic N) is 1. The minimum atomic E-state index is -1.68. The van der Waals surface area contributed by atoms with Gasteiger partial charge in [-0.3, -0.25) is 0 Å². The predicted octanol–water partition coefficient (Wildman–Crippen LogP) is 5.09. The van der Waals surface area contributed by atoms with Crippen LogP contribution >= 0.6 is 0 Å². The maximum absolute atomic E-state index is 13.5. The molecule has 3 aromatic carbocycles. The third-order valence-electron chi connectivity index (χ3n) is 5.94. The summed E-state index contributed by atoms with van der Waals surface area (Å²) in [5, 5.41) is 11.3. The van der Waals surface area contributed by atoms with Gasteiger partial charge in [-0.2, -0.15) is 0 Å². The van der Waals surface area contributed by atoms with Crippen LogP contribution in [0.5, 0.6) is 5.75 Å². The molecule has 4 rings (SSSR count). The largest absolute Gasteiger partial charge is 0.482 e. The molecule has 1 aliphatic carbocycles. The summed E-state index contributed by atoms with van der Waals surface area (Å²) < 4.78 is 16.3. The van der Waals surface area contributed by atoms with Gasteiger partial charge in [0.15, 0.2) is 6.61 Å². The maximum Gasteiger partial charge on any atom is 0.421 e. The van der Waals surface area contributed by atoms with Crippen LogP contribution in [0.4, 0.5) is 16.2 Å². The Morgan fingerprint density at radius 1 is 1.00 bits per heavy atom. The van der Waals surface area contributed by atoms with Gasteiger partial charge in [0.2, 0.25) is 5.79 Å². The molecule has 0 saturated carbocycles. The third kappa shape index (κ3) is 5.63. The molecule has 1 N–H and O–H groups in total. The van der Waals surface area contributed by atoms with Crippen LogP contribution in [0.2, 0.25) is 0 Å². The van der Waals surface area contributed by atoms with Crippen LogP contribution in [0.25, 0.3) is 0 Å². The second-order valence-electron chi connectivity index (χ2n) is 8.44. The van der Waals surface area contributed by atoms with Crippen molar-refractivity contribution in [3.63, 3.8) is 0 Å². The van der Waals surface area contributed by atoms with Crippen molar-refractivity contribution in [2.24, 2.45) is 0 Å². The number of amides is 1. The minimum absolute atomic E-state index is 0.112. The highest BCUT2D eigenvalue weighted by Crippen LogP contribution is 2.37. The van der Waals surface area contributed by atoms with Crippen LogP contribution in [0.15, 0.2) is 72.8 Å². The molecule has 1 amide bonds. The molecule has 0 spiro atoms. The maximum atomic E-state index is 13.5. The SMILES string of the molecule is CCOC(=O)COc1cccc2c1CCC(O)(OC(=O)N(c1ccccc1)c1ccccc1C)C2. The number of rotatable bonds is 7. The molecule has 7 nitrogen and oxygen atoms in total. The van der Waals surface area contributed by atoms with E-state index in [0.29, 0.717) is 23.5 Å². The number of anilines is 2. The van der Waals surface area contributed by atoms with E-state index in [4.69, 9.17) is 14.2 Å². The smallest absolute Gasteiger partial charge is 0.421 e. The number of hydrogen-bond acceptors (Lipinski definition) is 6. The predicted molar refractivity (Wildman–Crippen MR) is 132 cm³/mol. The molecular weight excluding hydrogens is 446 g/mol. The highest BCUT2D eigenvalue weighted by atomic mass is 16.7. The van der Waals surface area contributed by atoms with E-state index in [0.717, 1.165) is 16.7 Å². The first kappa shape index (κ1) is 24.3. The van der Waals surface area contributed by atoms with Crippen LogP contribution in [0.3, 0.4) is 0 Å². The number of fused-ring (bicyclic) bond motifs is 1. The van der Waals surface area contributed by atoms with Crippen molar-refractivity contribution in [1.82, 2.24) is 0 Å². The van der Waals surface area contributed by atoms with Gasteiger partial charge in [0.05, 0.1) is 18.0 Å². The molecule has 0 fully saturated rings. The van der Waals surface area contributed by atoms with E-state index in [1.807, 2.05) is 67.6 Å². The summed E-state index contributed by atoms with van der Waals surface area (Å²) in [7, 11) is 0. The number of carbonyl (C=O) groups excluding carboxylic acids is 2. The lowest BCUT2D eigenvalue weighted by Gasteiger charge is -2.35. The van der Waals surface area contributed by atoms with Gasteiger partial charge in [-0.15, -0.1) is 0 Å². The lowest BCUT2D eigenvalue weighted by Crippen LogP contribution is -2.44. The average molecular weight is 476 g/mol. The molecule has 35 heavy (non-hydrogen) atoms. The van der Waals surface area contributed by atoms with Crippen molar-refractivity contribution in [3.05, 3.63) is 89.5 Å². The van der Waals surface area contributed by atoms with Crippen molar-refractivity contribution in [2.45, 2.75) is 38.9 Å². The Morgan fingerprint density at radius 3 is 2.49 bits per heavy atom. The summed E-state index contributed by atoms with van der Waals surface area (Å²) >= 11 is 0. The Bertz CT molecular complexity index is 1200. The average Bonchev–Trinajstić information content (AvgIpc) is 2.84. The molecule has 0 saturated heterocycles. The van der Waals surface area contributed by atoms with Crippen LogP contribution in [-0.2, 0) is 27.1 Å². The molecule has 7 heteroatoms. The van der Waals surface area contributed by atoms with E-state index in [1.165, 1.54) is 4.90 Å². The molecule has 1 aliphatic rings. The van der Waals surface area contributed by atoms with E-state index in [1.54, 1.807) is 19.1 Å². The number of aliphatic hydroxyl groups is 1. The zero-order valence-corrected chi connectivity index (χ0v) is 19.9. The molecular formula is C28H29NO6. The van der Waals surface area contributed by atoms with Crippen LogP contribution in [0.1, 0.15) is 30.0 Å². The second kappa shape index (κ2) is 10.6. The topological polar surface area (TPSA) is 85.3 Å². The molecule has 182 valence electrons. The van der Waals surface area contributed by atoms with Gasteiger partial charge in [-0.1, -0.05) is 48.5 Å². The van der Waals surface area contributed by atoms with Gasteiger partial charge in [0.25, 0.3) is 0 Å². The van der Waals surface area contributed by atoms with Crippen molar-refractivity contribution < 1.29 is 28.9 Å². The summed E-state index contributed by atoms with van der Waals surface area (Å²) in [5.41, 5.74) is 3.91. The highest BCUT2D eigenvalue weighted by molar-refractivity contribution is 5.97. The zero-order valence-electron chi connectivity index (χ0n) is 19.9. The normalized spacial score (nSPS) is 16.7. The summed E-state index contributed by atoms with van der Waals surface area (Å²) in [5.74, 6) is -1.56. The fourth-order valence-electron chi connectivity index (χ4n) is 4.27. The minimum Gasteiger partial charge on any atom is -0.482 e. The summed E-state index contributed by atoms with van der Waals surface area (Å²) in [6.45, 7) is 3.76. The quantitative estimate of drug-likeness (QED) is 0.379. The van der Waals surface area contributed by atoms with E-state index < -0.39 is 17.8 Å². The Labute approximate surface area is 204 Å². The Morgan fingerprint density at radius 2 is 1.74 bits per heavy atom. The van der Waals surface area contributed by atoms with Crippen LogP contribution < -0.4 is 9.64 Å². The van der Waals surface area contributed by atoms with Crippen LogP contribution in [0, 0.1) is 6.92 Å². The first-order valence-electron chi connectivity index (χ1n) is 11.7. The molecule has 0 radical (unpaired) electrons. The number of carbonyl (C=O) groups is 2. The third-order valence-corrected chi connectivity index (χ3v) is 5.94. The fraction of sp³-hybridized carbons (Fsp3) is 0.286. The number of para-hydroxylation sites is 2. The van der Waals surface area contributed by atoms with Crippen molar-refractivity contribution in [2.75, 3.05) is 18.1 Å². The standard InChI is InChI=1S/C28H29NO6/c1-3-33-26(30)19-34-25-15-9-11-21-18-28(32,17-16-23(21)25)35-27(31)29(22-12-5-4-6-13-22)24-14-8-7-10-20(24)2/h4-15,32H,3,16-19H2,1-2H3. The molecule has 0 bridgehead atoms. The van der Waals surface area contributed by atoms with E-state index in [-0.39, 0.29) is 26.1 Å². The second-order valence-corrected chi connectivity index (χ2v) is 8.44. The van der Waals surface area contributed by atoms with E-state index >= 15 is 0 Å². The van der Waals surface area contributed by atoms with Gasteiger partial charge in [-0.25, -0.2) is 14.5 Å². The van der Waals surface area contributed by atoms with Gasteiger partial charge >= 0.3 is 12.1 Å². The van der Waals surface area contributed by atoms with E-state index in [9.17, 15) is 14.7 Å². The Kier molecular flexibility index (Phi) is 7.36. The molecule has 0 aliphatic heterocycles. The summed E-state index contributed by atoms with van der Waals surface area (Å²) in [4.78, 5) is 26.6. The van der Waals surface area contributed by atoms with Crippen LogP contribution in [-0.4, -0.2) is 36.2 Å². The number of aryl methyl sites for hydroxylation is 1. The molecule has 0 aromatic heterocycles. The zero-order chi connectivity index (χ0) is 24.8. The molecule has 0 heterocycles.